The fourth-order valence-corrected chi connectivity index (χ4v) is 2.07. The second-order valence-electron chi connectivity index (χ2n) is 4.82. The van der Waals surface area contributed by atoms with E-state index in [0.29, 0.717) is 11.1 Å². The molecule has 3 nitrogen and oxygen atoms in total. The van der Waals surface area contributed by atoms with Gasteiger partial charge in [0.25, 0.3) is 0 Å². The zero-order chi connectivity index (χ0) is 17.0. The van der Waals surface area contributed by atoms with Gasteiger partial charge < -0.3 is 4.74 Å². The number of Topliss-reactive ketones (excluding diaryl/α,β-unsaturated/α-hetero) is 1. The maximum absolute atomic E-state index is 13.0. The van der Waals surface area contributed by atoms with Gasteiger partial charge in [0.2, 0.25) is 0 Å². The highest BCUT2D eigenvalue weighted by Crippen LogP contribution is 2.34. The molecule has 0 heterocycles. The highest BCUT2D eigenvalue weighted by molar-refractivity contribution is 5.95. The lowest BCUT2D eigenvalue weighted by atomic mass is 10.0. The summed E-state index contributed by atoms with van der Waals surface area (Å²) in [6.45, 7) is 1.04. The summed E-state index contributed by atoms with van der Waals surface area (Å²) in [7, 11) is 0. The smallest absolute Gasteiger partial charge is 0.417 e. The topological polar surface area (TPSA) is 50.1 Å². The Hall–Kier alpha value is -2.81. The van der Waals surface area contributed by atoms with Gasteiger partial charge in [0, 0.05) is 11.1 Å². The number of carbonyl (C=O) groups is 1. The summed E-state index contributed by atoms with van der Waals surface area (Å²) >= 11 is 0. The largest absolute Gasteiger partial charge is 0.489 e. The number of ketones is 1. The van der Waals surface area contributed by atoms with Gasteiger partial charge in [-0.05, 0) is 31.2 Å². The standard InChI is InChI=1S/C17H12F3NO2/c1-11(22)15-7-6-14(8-16(15)17(18,19)20)23-10-13-5-3-2-4-12(13)9-21/h2-8H,10H2,1H3. The number of rotatable bonds is 4. The van der Waals surface area contributed by atoms with Gasteiger partial charge in [0.1, 0.15) is 12.4 Å². The van der Waals surface area contributed by atoms with Crippen molar-refractivity contribution in [3.05, 3.63) is 64.7 Å². The number of carbonyl (C=O) groups excluding carboxylic acids is 1. The molecule has 0 fully saturated rings. The summed E-state index contributed by atoms with van der Waals surface area (Å²) in [5.74, 6) is -0.686. The Morgan fingerprint density at radius 2 is 1.91 bits per heavy atom. The molecule has 2 rings (SSSR count). The molecular formula is C17H12F3NO2. The van der Waals surface area contributed by atoms with Gasteiger partial charge in [-0.1, -0.05) is 18.2 Å². The zero-order valence-corrected chi connectivity index (χ0v) is 12.1. The third kappa shape index (κ3) is 3.89. The van der Waals surface area contributed by atoms with Crippen LogP contribution in [0.4, 0.5) is 13.2 Å². The van der Waals surface area contributed by atoms with Crippen LogP contribution in [0.25, 0.3) is 0 Å². The molecule has 0 N–H and O–H groups in total. The van der Waals surface area contributed by atoms with Gasteiger partial charge in [-0.3, -0.25) is 4.79 Å². The maximum Gasteiger partial charge on any atom is 0.417 e. The molecule has 0 unspecified atom stereocenters. The van der Waals surface area contributed by atoms with E-state index in [1.807, 2.05) is 6.07 Å². The van der Waals surface area contributed by atoms with Crippen LogP contribution in [0.3, 0.4) is 0 Å². The average molecular weight is 319 g/mol. The number of nitriles is 1. The number of benzene rings is 2. The van der Waals surface area contributed by atoms with E-state index >= 15 is 0 Å². The minimum absolute atomic E-state index is 0.0185. The number of hydrogen-bond donors (Lipinski definition) is 0. The van der Waals surface area contributed by atoms with Crippen molar-refractivity contribution in [2.24, 2.45) is 0 Å². The molecule has 0 saturated heterocycles. The van der Waals surface area contributed by atoms with Crippen molar-refractivity contribution >= 4 is 5.78 Å². The molecule has 6 heteroatoms. The Labute approximate surface area is 130 Å². The van der Waals surface area contributed by atoms with Gasteiger partial charge in [-0.15, -0.1) is 0 Å². The van der Waals surface area contributed by atoms with E-state index in [4.69, 9.17) is 10.00 Å². The lowest BCUT2D eigenvalue weighted by Gasteiger charge is -2.14. The minimum atomic E-state index is -4.65. The highest BCUT2D eigenvalue weighted by Gasteiger charge is 2.34. The summed E-state index contributed by atoms with van der Waals surface area (Å²) < 4.78 is 44.4. The molecule has 0 amide bonds. The van der Waals surface area contributed by atoms with E-state index in [1.54, 1.807) is 24.3 Å². The first kappa shape index (κ1) is 16.6. The Balaban J connectivity index is 2.28. The van der Waals surface area contributed by atoms with Gasteiger partial charge in [0.05, 0.1) is 17.2 Å². The molecule has 0 aromatic heterocycles. The van der Waals surface area contributed by atoms with Crippen molar-refractivity contribution in [2.45, 2.75) is 19.7 Å². The van der Waals surface area contributed by atoms with E-state index in [9.17, 15) is 18.0 Å². The molecule has 0 atom stereocenters. The summed E-state index contributed by atoms with van der Waals surface area (Å²) in [5.41, 5.74) is -0.471. The van der Waals surface area contributed by atoms with Crippen molar-refractivity contribution in [1.82, 2.24) is 0 Å². The summed E-state index contributed by atoms with van der Waals surface area (Å²) in [6.07, 6.45) is -4.65. The molecule has 2 aromatic rings. The van der Waals surface area contributed by atoms with Crippen LogP contribution in [0.1, 0.15) is 34.0 Å². The maximum atomic E-state index is 13.0. The fourth-order valence-electron chi connectivity index (χ4n) is 2.07. The van der Waals surface area contributed by atoms with Gasteiger partial charge in [0.15, 0.2) is 5.78 Å². The molecule has 2 aromatic carbocycles. The molecular weight excluding hydrogens is 307 g/mol. The van der Waals surface area contributed by atoms with Crippen LogP contribution in [0.2, 0.25) is 0 Å². The molecule has 0 aliphatic carbocycles. The molecule has 0 aliphatic heterocycles. The van der Waals surface area contributed by atoms with Gasteiger partial charge in [-0.25, -0.2) is 0 Å². The third-order valence-electron chi connectivity index (χ3n) is 3.21. The second kappa shape index (κ2) is 6.53. The number of halogens is 3. The molecule has 0 saturated carbocycles. The highest BCUT2D eigenvalue weighted by atomic mass is 19.4. The van der Waals surface area contributed by atoms with Crippen molar-refractivity contribution < 1.29 is 22.7 Å². The molecule has 23 heavy (non-hydrogen) atoms. The zero-order valence-electron chi connectivity index (χ0n) is 12.1. The summed E-state index contributed by atoms with van der Waals surface area (Å²) in [5, 5.41) is 8.97. The molecule has 0 spiro atoms. The summed E-state index contributed by atoms with van der Waals surface area (Å²) in [6, 6.07) is 11.8. The van der Waals surface area contributed by atoms with Crippen molar-refractivity contribution in [1.29, 1.82) is 5.26 Å². The quantitative estimate of drug-likeness (QED) is 0.787. The first-order chi connectivity index (χ1) is 10.8. The first-order valence-electron chi connectivity index (χ1n) is 6.66. The number of alkyl halides is 3. The fraction of sp³-hybridized carbons (Fsp3) is 0.176. The van der Waals surface area contributed by atoms with E-state index in [-0.39, 0.29) is 12.4 Å². The Morgan fingerprint density at radius 3 is 2.52 bits per heavy atom. The Kier molecular flexibility index (Phi) is 4.70. The minimum Gasteiger partial charge on any atom is -0.489 e. The summed E-state index contributed by atoms with van der Waals surface area (Å²) in [4.78, 5) is 11.3. The predicted octanol–water partition coefficient (Wildman–Crippen LogP) is 4.36. The lowest BCUT2D eigenvalue weighted by molar-refractivity contribution is -0.138. The normalized spacial score (nSPS) is 10.9. The predicted molar refractivity (Wildman–Crippen MR) is 76.9 cm³/mol. The van der Waals surface area contributed by atoms with Crippen LogP contribution in [0.15, 0.2) is 42.5 Å². The van der Waals surface area contributed by atoms with Crippen LogP contribution in [0, 0.1) is 11.3 Å². The Morgan fingerprint density at radius 1 is 1.22 bits per heavy atom. The van der Waals surface area contributed by atoms with Gasteiger partial charge >= 0.3 is 6.18 Å². The van der Waals surface area contributed by atoms with E-state index in [2.05, 4.69) is 0 Å². The molecule has 0 radical (unpaired) electrons. The lowest BCUT2D eigenvalue weighted by Crippen LogP contribution is -2.12. The van der Waals surface area contributed by atoms with Crippen molar-refractivity contribution in [2.75, 3.05) is 0 Å². The van der Waals surface area contributed by atoms with Crippen molar-refractivity contribution in [3.8, 4) is 11.8 Å². The van der Waals surface area contributed by atoms with Crippen LogP contribution in [-0.4, -0.2) is 5.78 Å². The van der Waals surface area contributed by atoms with Crippen LogP contribution < -0.4 is 4.74 Å². The van der Waals surface area contributed by atoms with E-state index < -0.39 is 23.1 Å². The first-order valence-corrected chi connectivity index (χ1v) is 6.66. The Bertz CT molecular complexity index is 776. The van der Waals surface area contributed by atoms with E-state index in [0.717, 1.165) is 19.1 Å². The molecule has 0 bridgehead atoms. The monoisotopic (exact) mass is 319 g/mol. The number of ether oxygens (including phenoxy) is 1. The van der Waals surface area contributed by atoms with Crippen LogP contribution in [-0.2, 0) is 12.8 Å². The third-order valence-corrected chi connectivity index (χ3v) is 3.21. The van der Waals surface area contributed by atoms with Crippen LogP contribution in [0.5, 0.6) is 5.75 Å². The number of nitrogens with zero attached hydrogens (tertiary/aromatic N) is 1. The number of hydrogen-bond acceptors (Lipinski definition) is 3. The van der Waals surface area contributed by atoms with Crippen LogP contribution >= 0.6 is 0 Å². The molecule has 118 valence electrons. The van der Waals surface area contributed by atoms with Crippen molar-refractivity contribution in [3.63, 3.8) is 0 Å². The van der Waals surface area contributed by atoms with Gasteiger partial charge in [-0.2, -0.15) is 18.4 Å². The molecule has 0 aliphatic rings. The van der Waals surface area contributed by atoms with E-state index in [1.165, 1.54) is 6.07 Å². The SMILES string of the molecule is CC(=O)c1ccc(OCc2ccccc2C#N)cc1C(F)(F)F. The average Bonchev–Trinajstić information content (AvgIpc) is 2.52. The second-order valence-corrected chi connectivity index (χ2v) is 4.82.